The molecular formula is C11H15N5O. The number of anilines is 1. The number of nitrogens with one attached hydrogen (secondary N) is 1. The maximum Gasteiger partial charge on any atom is 0.274 e. The van der Waals surface area contributed by atoms with Crippen LogP contribution in [0, 0.1) is 6.92 Å². The highest BCUT2D eigenvalue weighted by Crippen LogP contribution is 2.14. The van der Waals surface area contributed by atoms with Gasteiger partial charge in [-0.3, -0.25) is 14.2 Å². The third kappa shape index (κ3) is 2.06. The Morgan fingerprint density at radius 2 is 2.24 bits per heavy atom. The normalized spacial score (nSPS) is 10.5. The Morgan fingerprint density at radius 1 is 1.47 bits per heavy atom. The minimum Gasteiger partial charge on any atom is -0.318 e. The molecular weight excluding hydrogens is 218 g/mol. The summed E-state index contributed by atoms with van der Waals surface area (Å²) in [5.41, 5.74) is 2.20. The minimum absolute atomic E-state index is 0.177. The van der Waals surface area contributed by atoms with Crippen LogP contribution in [0.3, 0.4) is 0 Å². The molecule has 2 heterocycles. The fraction of sp³-hybridized carbons (Fsp3) is 0.364. The summed E-state index contributed by atoms with van der Waals surface area (Å²) in [4.78, 5) is 11.9. The lowest BCUT2D eigenvalue weighted by Crippen LogP contribution is -2.16. The Labute approximate surface area is 99.2 Å². The first-order chi connectivity index (χ1) is 8.13. The van der Waals surface area contributed by atoms with E-state index in [1.54, 1.807) is 25.5 Å². The molecule has 1 amide bonds. The number of amides is 1. The van der Waals surface area contributed by atoms with Crippen molar-refractivity contribution in [3.63, 3.8) is 0 Å². The van der Waals surface area contributed by atoms with Gasteiger partial charge in [0, 0.05) is 19.8 Å². The molecule has 0 saturated heterocycles. The number of rotatable bonds is 3. The predicted octanol–water partition coefficient (Wildman–Crippen LogP) is 1.20. The molecule has 6 heteroatoms. The number of carbonyl (C=O) groups is 1. The van der Waals surface area contributed by atoms with E-state index in [9.17, 15) is 4.79 Å². The van der Waals surface area contributed by atoms with Crippen molar-refractivity contribution in [1.29, 1.82) is 0 Å². The van der Waals surface area contributed by atoms with Gasteiger partial charge in [-0.25, -0.2) is 0 Å². The SMILES string of the molecule is CCn1ncc(NC(=O)c2ccnn2C)c1C. The van der Waals surface area contributed by atoms with Crippen molar-refractivity contribution in [1.82, 2.24) is 19.6 Å². The fourth-order valence-corrected chi connectivity index (χ4v) is 1.67. The van der Waals surface area contributed by atoms with Crippen molar-refractivity contribution in [2.24, 2.45) is 7.05 Å². The average molecular weight is 233 g/mol. The van der Waals surface area contributed by atoms with Gasteiger partial charge in [0.1, 0.15) is 5.69 Å². The number of hydrogen-bond donors (Lipinski definition) is 1. The van der Waals surface area contributed by atoms with Gasteiger partial charge in [-0.15, -0.1) is 0 Å². The zero-order valence-electron chi connectivity index (χ0n) is 10.1. The molecule has 1 N–H and O–H groups in total. The van der Waals surface area contributed by atoms with Crippen LogP contribution in [-0.4, -0.2) is 25.5 Å². The van der Waals surface area contributed by atoms with E-state index in [0.717, 1.165) is 17.9 Å². The Balaban J connectivity index is 2.19. The van der Waals surface area contributed by atoms with Crippen LogP contribution in [0.25, 0.3) is 0 Å². The van der Waals surface area contributed by atoms with Gasteiger partial charge in [-0.05, 0) is 19.9 Å². The molecule has 17 heavy (non-hydrogen) atoms. The summed E-state index contributed by atoms with van der Waals surface area (Å²) in [5.74, 6) is -0.177. The molecule has 0 fully saturated rings. The molecule has 0 atom stereocenters. The third-order valence-electron chi connectivity index (χ3n) is 2.70. The van der Waals surface area contributed by atoms with Crippen molar-refractivity contribution < 1.29 is 4.79 Å². The zero-order chi connectivity index (χ0) is 12.4. The van der Waals surface area contributed by atoms with Crippen molar-refractivity contribution in [2.75, 3.05) is 5.32 Å². The zero-order valence-corrected chi connectivity index (χ0v) is 10.1. The first kappa shape index (κ1) is 11.4. The van der Waals surface area contributed by atoms with Crippen LogP contribution in [0.5, 0.6) is 0 Å². The van der Waals surface area contributed by atoms with Gasteiger partial charge >= 0.3 is 0 Å². The summed E-state index contributed by atoms with van der Waals surface area (Å²) in [6.07, 6.45) is 3.25. The molecule has 0 radical (unpaired) electrons. The highest BCUT2D eigenvalue weighted by molar-refractivity contribution is 6.03. The molecule has 0 aliphatic heterocycles. The van der Waals surface area contributed by atoms with Crippen LogP contribution >= 0.6 is 0 Å². The molecule has 0 bridgehead atoms. The summed E-state index contributed by atoms with van der Waals surface area (Å²) in [7, 11) is 1.73. The van der Waals surface area contributed by atoms with E-state index in [1.807, 2.05) is 18.5 Å². The quantitative estimate of drug-likeness (QED) is 0.866. The predicted molar refractivity (Wildman–Crippen MR) is 63.8 cm³/mol. The van der Waals surface area contributed by atoms with Gasteiger partial charge in [0.15, 0.2) is 0 Å². The topological polar surface area (TPSA) is 64.7 Å². The molecule has 2 rings (SSSR count). The fourth-order valence-electron chi connectivity index (χ4n) is 1.67. The van der Waals surface area contributed by atoms with Gasteiger partial charge in [0.2, 0.25) is 0 Å². The molecule has 6 nitrogen and oxygen atoms in total. The molecule has 0 aliphatic carbocycles. The van der Waals surface area contributed by atoms with Crippen LogP contribution in [0.1, 0.15) is 23.1 Å². The maximum atomic E-state index is 11.9. The summed E-state index contributed by atoms with van der Waals surface area (Å²) < 4.78 is 3.37. The van der Waals surface area contributed by atoms with E-state index in [-0.39, 0.29) is 5.91 Å². The van der Waals surface area contributed by atoms with Crippen molar-refractivity contribution in [3.05, 3.63) is 29.8 Å². The van der Waals surface area contributed by atoms with Crippen molar-refractivity contribution >= 4 is 11.6 Å². The van der Waals surface area contributed by atoms with E-state index < -0.39 is 0 Å². The van der Waals surface area contributed by atoms with Crippen LogP contribution < -0.4 is 5.32 Å². The molecule has 90 valence electrons. The molecule has 2 aromatic rings. The standard InChI is InChI=1S/C11H15N5O/c1-4-16-8(2)9(7-13-16)14-11(17)10-5-6-12-15(10)3/h5-7H,4H2,1-3H3,(H,14,17). The highest BCUT2D eigenvalue weighted by atomic mass is 16.2. The maximum absolute atomic E-state index is 11.9. The lowest BCUT2D eigenvalue weighted by atomic mass is 10.3. The Kier molecular flexibility index (Phi) is 2.95. The largest absolute Gasteiger partial charge is 0.318 e. The van der Waals surface area contributed by atoms with E-state index in [2.05, 4.69) is 15.5 Å². The first-order valence-electron chi connectivity index (χ1n) is 5.45. The summed E-state index contributed by atoms with van der Waals surface area (Å²) in [5, 5.41) is 11.0. The number of aryl methyl sites for hydroxylation is 2. The van der Waals surface area contributed by atoms with E-state index >= 15 is 0 Å². The van der Waals surface area contributed by atoms with Gasteiger partial charge in [-0.1, -0.05) is 0 Å². The van der Waals surface area contributed by atoms with Crippen LogP contribution in [-0.2, 0) is 13.6 Å². The second kappa shape index (κ2) is 4.40. The number of hydrogen-bond acceptors (Lipinski definition) is 3. The smallest absolute Gasteiger partial charge is 0.274 e. The van der Waals surface area contributed by atoms with Crippen molar-refractivity contribution in [2.45, 2.75) is 20.4 Å². The minimum atomic E-state index is -0.177. The number of nitrogens with zero attached hydrogens (tertiary/aromatic N) is 4. The van der Waals surface area contributed by atoms with Crippen LogP contribution in [0.15, 0.2) is 18.5 Å². The van der Waals surface area contributed by atoms with E-state index in [4.69, 9.17) is 0 Å². The molecule has 0 aromatic carbocycles. The first-order valence-corrected chi connectivity index (χ1v) is 5.45. The molecule has 0 aliphatic rings. The van der Waals surface area contributed by atoms with Gasteiger partial charge in [0.25, 0.3) is 5.91 Å². The summed E-state index contributed by atoms with van der Waals surface area (Å²) >= 11 is 0. The summed E-state index contributed by atoms with van der Waals surface area (Å²) in [6, 6.07) is 1.68. The summed E-state index contributed by atoms with van der Waals surface area (Å²) in [6.45, 7) is 4.72. The average Bonchev–Trinajstić information content (AvgIpc) is 2.87. The van der Waals surface area contributed by atoms with Crippen LogP contribution in [0.4, 0.5) is 5.69 Å². The molecule has 0 unspecified atom stereocenters. The second-order valence-corrected chi connectivity index (χ2v) is 3.75. The molecule has 0 spiro atoms. The monoisotopic (exact) mass is 233 g/mol. The van der Waals surface area contributed by atoms with E-state index in [1.165, 1.54) is 4.68 Å². The van der Waals surface area contributed by atoms with Gasteiger partial charge in [-0.2, -0.15) is 10.2 Å². The molecule has 0 saturated carbocycles. The number of carbonyl (C=O) groups excluding carboxylic acids is 1. The van der Waals surface area contributed by atoms with E-state index in [0.29, 0.717) is 5.69 Å². The Bertz CT molecular complexity index is 540. The lowest BCUT2D eigenvalue weighted by molar-refractivity contribution is 0.101. The van der Waals surface area contributed by atoms with Crippen LogP contribution in [0.2, 0.25) is 0 Å². The third-order valence-corrected chi connectivity index (χ3v) is 2.70. The number of aromatic nitrogens is 4. The van der Waals surface area contributed by atoms with Gasteiger partial charge < -0.3 is 5.32 Å². The van der Waals surface area contributed by atoms with Crippen molar-refractivity contribution in [3.8, 4) is 0 Å². The highest BCUT2D eigenvalue weighted by Gasteiger charge is 2.13. The molecule has 2 aromatic heterocycles. The van der Waals surface area contributed by atoms with Gasteiger partial charge in [0.05, 0.1) is 17.6 Å². The Hall–Kier alpha value is -2.11. The second-order valence-electron chi connectivity index (χ2n) is 3.75. The Morgan fingerprint density at radius 3 is 2.76 bits per heavy atom. The lowest BCUT2D eigenvalue weighted by Gasteiger charge is -2.05.